The van der Waals surface area contributed by atoms with Crippen LogP contribution in [0.4, 0.5) is 11.4 Å². The van der Waals surface area contributed by atoms with E-state index in [0.717, 1.165) is 29.0 Å². The average Bonchev–Trinajstić information content (AvgIpc) is 3.08. The molecule has 1 saturated heterocycles. The molecule has 26 heavy (non-hydrogen) atoms. The number of rotatable bonds is 5. The van der Waals surface area contributed by atoms with Crippen LogP contribution in [0.15, 0.2) is 48.5 Å². The molecule has 136 valence electrons. The SMILES string of the molecule is Cc1ccc(NC(=O)CC2(C(=O)Nc3ccc(C)cc3)CCNC2)cc1. The van der Waals surface area contributed by atoms with Gasteiger partial charge in [0.2, 0.25) is 11.8 Å². The van der Waals surface area contributed by atoms with Gasteiger partial charge in [0.25, 0.3) is 0 Å². The number of hydrogen-bond acceptors (Lipinski definition) is 3. The Morgan fingerprint density at radius 1 is 0.923 bits per heavy atom. The minimum absolute atomic E-state index is 0.106. The van der Waals surface area contributed by atoms with E-state index < -0.39 is 5.41 Å². The molecule has 1 aliphatic rings. The van der Waals surface area contributed by atoms with Crippen molar-refractivity contribution in [3.05, 3.63) is 59.7 Å². The molecule has 1 atom stereocenters. The monoisotopic (exact) mass is 351 g/mol. The van der Waals surface area contributed by atoms with Gasteiger partial charge in [0, 0.05) is 24.3 Å². The molecule has 0 spiro atoms. The van der Waals surface area contributed by atoms with Crippen molar-refractivity contribution < 1.29 is 9.59 Å². The smallest absolute Gasteiger partial charge is 0.232 e. The van der Waals surface area contributed by atoms with Crippen molar-refractivity contribution in [2.24, 2.45) is 5.41 Å². The van der Waals surface area contributed by atoms with Crippen molar-refractivity contribution in [2.45, 2.75) is 26.7 Å². The van der Waals surface area contributed by atoms with Crippen LogP contribution in [0.5, 0.6) is 0 Å². The molecule has 3 rings (SSSR count). The molecule has 5 nitrogen and oxygen atoms in total. The molecule has 0 bridgehead atoms. The summed E-state index contributed by atoms with van der Waals surface area (Å²) in [4.78, 5) is 25.5. The number of carbonyl (C=O) groups is 2. The van der Waals surface area contributed by atoms with Gasteiger partial charge in [0.15, 0.2) is 0 Å². The fourth-order valence-corrected chi connectivity index (χ4v) is 3.22. The van der Waals surface area contributed by atoms with Gasteiger partial charge in [-0.05, 0) is 51.1 Å². The van der Waals surface area contributed by atoms with Crippen LogP contribution in [0.25, 0.3) is 0 Å². The van der Waals surface area contributed by atoms with Crippen molar-refractivity contribution in [3.63, 3.8) is 0 Å². The van der Waals surface area contributed by atoms with Gasteiger partial charge in [0.05, 0.1) is 5.41 Å². The van der Waals surface area contributed by atoms with Gasteiger partial charge in [-0.2, -0.15) is 0 Å². The molecule has 2 aromatic carbocycles. The summed E-state index contributed by atoms with van der Waals surface area (Å²) in [5, 5.41) is 9.09. The first-order chi connectivity index (χ1) is 12.5. The standard InChI is InChI=1S/C21H25N3O2/c1-15-3-7-17(8-4-15)23-19(25)13-21(11-12-22-14-21)20(26)24-18-9-5-16(2)6-10-18/h3-10,22H,11-14H2,1-2H3,(H,23,25)(H,24,26). The van der Waals surface area contributed by atoms with Crippen molar-refractivity contribution in [1.82, 2.24) is 5.32 Å². The maximum atomic E-state index is 12.9. The molecule has 2 amide bonds. The Hall–Kier alpha value is -2.66. The van der Waals surface area contributed by atoms with Crippen molar-refractivity contribution in [3.8, 4) is 0 Å². The highest BCUT2D eigenvalue weighted by molar-refractivity contribution is 6.01. The lowest BCUT2D eigenvalue weighted by Gasteiger charge is -2.26. The molecular formula is C21H25N3O2. The third-order valence-electron chi connectivity index (χ3n) is 4.87. The first-order valence-electron chi connectivity index (χ1n) is 8.92. The van der Waals surface area contributed by atoms with Gasteiger partial charge in [-0.15, -0.1) is 0 Å². The number of amides is 2. The lowest BCUT2D eigenvalue weighted by atomic mass is 9.82. The van der Waals surface area contributed by atoms with Crippen LogP contribution in [0, 0.1) is 19.3 Å². The van der Waals surface area contributed by atoms with E-state index in [-0.39, 0.29) is 18.2 Å². The highest BCUT2D eigenvalue weighted by Gasteiger charge is 2.43. The van der Waals surface area contributed by atoms with Crippen LogP contribution in [-0.4, -0.2) is 24.9 Å². The van der Waals surface area contributed by atoms with Gasteiger partial charge >= 0.3 is 0 Å². The maximum absolute atomic E-state index is 12.9. The molecular weight excluding hydrogens is 326 g/mol. The Kier molecular flexibility index (Phi) is 5.38. The summed E-state index contributed by atoms with van der Waals surface area (Å²) < 4.78 is 0. The first-order valence-corrected chi connectivity index (χ1v) is 8.92. The summed E-state index contributed by atoms with van der Waals surface area (Å²) in [7, 11) is 0. The zero-order valence-corrected chi connectivity index (χ0v) is 15.3. The summed E-state index contributed by atoms with van der Waals surface area (Å²) in [5.41, 5.74) is 3.06. The molecule has 1 fully saturated rings. The Balaban J connectivity index is 1.68. The lowest BCUT2D eigenvalue weighted by Crippen LogP contribution is -2.41. The molecule has 1 heterocycles. The van der Waals surface area contributed by atoms with E-state index >= 15 is 0 Å². The van der Waals surface area contributed by atoms with E-state index in [4.69, 9.17) is 0 Å². The van der Waals surface area contributed by atoms with Gasteiger partial charge in [-0.1, -0.05) is 35.4 Å². The Bertz CT molecular complexity index is 776. The summed E-state index contributed by atoms with van der Waals surface area (Å²) in [6.07, 6.45) is 0.803. The second kappa shape index (κ2) is 7.70. The van der Waals surface area contributed by atoms with Crippen LogP contribution in [0.3, 0.4) is 0 Å². The van der Waals surface area contributed by atoms with Gasteiger partial charge in [-0.25, -0.2) is 0 Å². The molecule has 3 N–H and O–H groups in total. The lowest BCUT2D eigenvalue weighted by molar-refractivity contribution is -0.129. The molecule has 2 aromatic rings. The molecule has 0 aromatic heterocycles. The zero-order valence-electron chi connectivity index (χ0n) is 15.3. The molecule has 0 aliphatic carbocycles. The number of benzene rings is 2. The Morgan fingerprint density at radius 3 is 1.96 bits per heavy atom. The third-order valence-corrected chi connectivity index (χ3v) is 4.87. The Labute approximate surface area is 154 Å². The number of aryl methyl sites for hydroxylation is 2. The maximum Gasteiger partial charge on any atom is 0.232 e. The second-order valence-corrected chi connectivity index (χ2v) is 7.12. The fraction of sp³-hybridized carbons (Fsp3) is 0.333. The number of nitrogens with one attached hydrogen (secondary N) is 3. The first kappa shape index (κ1) is 18.1. The second-order valence-electron chi connectivity index (χ2n) is 7.12. The molecule has 0 saturated carbocycles. The molecule has 1 aliphatic heterocycles. The summed E-state index contributed by atoms with van der Waals surface area (Å²) >= 11 is 0. The quantitative estimate of drug-likeness (QED) is 0.774. The van der Waals surface area contributed by atoms with E-state index in [0.29, 0.717) is 13.0 Å². The normalized spacial score (nSPS) is 19.2. The highest BCUT2D eigenvalue weighted by Crippen LogP contribution is 2.32. The van der Waals surface area contributed by atoms with Gasteiger partial charge < -0.3 is 16.0 Å². The predicted octanol–water partition coefficient (Wildman–Crippen LogP) is 3.25. The van der Waals surface area contributed by atoms with E-state index in [1.165, 1.54) is 0 Å². The summed E-state index contributed by atoms with van der Waals surface area (Å²) in [6, 6.07) is 15.3. The van der Waals surface area contributed by atoms with Crippen LogP contribution < -0.4 is 16.0 Å². The van der Waals surface area contributed by atoms with E-state index in [1.54, 1.807) is 0 Å². The summed E-state index contributed by atoms with van der Waals surface area (Å²) in [5.74, 6) is -0.248. The number of anilines is 2. The minimum atomic E-state index is -0.723. The average molecular weight is 351 g/mol. The van der Waals surface area contributed by atoms with Gasteiger partial charge in [-0.3, -0.25) is 9.59 Å². The van der Waals surface area contributed by atoms with E-state index in [1.807, 2.05) is 62.4 Å². The minimum Gasteiger partial charge on any atom is -0.326 e. The summed E-state index contributed by atoms with van der Waals surface area (Å²) in [6.45, 7) is 5.24. The van der Waals surface area contributed by atoms with Crippen LogP contribution in [0.2, 0.25) is 0 Å². The van der Waals surface area contributed by atoms with Gasteiger partial charge in [0.1, 0.15) is 0 Å². The van der Waals surface area contributed by atoms with Crippen LogP contribution in [-0.2, 0) is 9.59 Å². The Morgan fingerprint density at radius 2 is 1.46 bits per heavy atom. The van der Waals surface area contributed by atoms with Crippen LogP contribution in [0.1, 0.15) is 24.0 Å². The molecule has 0 radical (unpaired) electrons. The fourth-order valence-electron chi connectivity index (χ4n) is 3.22. The van der Waals surface area contributed by atoms with Crippen LogP contribution >= 0.6 is 0 Å². The molecule has 1 unspecified atom stereocenters. The van der Waals surface area contributed by atoms with Crippen molar-refractivity contribution >= 4 is 23.2 Å². The highest BCUT2D eigenvalue weighted by atomic mass is 16.2. The molecule has 5 heteroatoms. The topological polar surface area (TPSA) is 70.2 Å². The van der Waals surface area contributed by atoms with Crippen molar-refractivity contribution in [1.29, 1.82) is 0 Å². The van der Waals surface area contributed by atoms with E-state index in [2.05, 4.69) is 16.0 Å². The number of hydrogen-bond donors (Lipinski definition) is 3. The number of carbonyl (C=O) groups excluding carboxylic acids is 2. The predicted molar refractivity (Wildman–Crippen MR) is 104 cm³/mol. The van der Waals surface area contributed by atoms with Crippen molar-refractivity contribution in [2.75, 3.05) is 23.7 Å². The zero-order chi connectivity index (χ0) is 18.6. The third kappa shape index (κ3) is 4.29. The van der Waals surface area contributed by atoms with E-state index in [9.17, 15) is 9.59 Å². The largest absolute Gasteiger partial charge is 0.326 e.